The van der Waals surface area contributed by atoms with Gasteiger partial charge in [0.1, 0.15) is 6.04 Å². The number of halogens is 1. The van der Waals surface area contributed by atoms with E-state index in [1.807, 2.05) is 4.98 Å². The SMILES string of the molecule is O=C(O)[C@@H]1CCCN1.O=c1cc[nH]c(=O)n1F. The quantitative estimate of drug-likeness (QED) is 0.594. The Balaban J connectivity index is 0.000000171. The van der Waals surface area contributed by atoms with Crippen molar-refractivity contribution in [3.8, 4) is 0 Å². The first kappa shape index (κ1) is 13.1. The number of carboxylic acids is 1. The Bertz CT molecular complexity index is 461. The van der Waals surface area contributed by atoms with E-state index in [-0.39, 0.29) is 6.04 Å². The number of aliphatic carboxylic acids is 1. The Kier molecular flexibility index (Phi) is 4.58. The average Bonchev–Trinajstić information content (AvgIpc) is 2.80. The molecule has 1 aliphatic heterocycles. The van der Waals surface area contributed by atoms with E-state index in [0.29, 0.717) is 0 Å². The molecule has 0 aromatic carbocycles. The van der Waals surface area contributed by atoms with E-state index in [0.717, 1.165) is 31.6 Å². The fourth-order valence-electron chi connectivity index (χ4n) is 1.30. The van der Waals surface area contributed by atoms with Crippen LogP contribution in [0, 0.1) is 0 Å². The molecule has 7 nitrogen and oxygen atoms in total. The van der Waals surface area contributed by atoms with Gasteiger partial charge in [-0.2, -0.15) is 0 Å². The lowest BCUT2D eigenvalue weighted by Crippen LogP contribution is -2.29. The molecule has 0 saturated carbocycles. The molecule has 17 heavy (non-hydrogen) atoms. The summed E-state index contributed by atoms with van der Waals surface area (Å²) in [6.07, 6.45) is 2.87. The standard InChI is InChI=1S/C5H9NO2.C4H3FN2O2/c7-5(8)4-2-1-3-6-4;5-7-3(8)1-2-6-4(7)9/h4,6H,1-3H2,(H,7,8);1-2H,(H,6,9)/t4-;/m0./s1. The maximum atomic E-state index is 12.0. The molecule has 2 rings (SSSR count). The maximum absolute atomic E-state index is 12.0. The summed E-state index contributed by atoms with van der Waals surface area (Å²) in [4.78, 5) is 32.0. The number of hydrogen-bond donors (Lipinski definition) is 3. The summed E-state index contributed by atoms with van der Waals surface area (Å²) in [7, 11) is 0. The normalized spacial score (nSPS) is 18.3. The minimum atomic E-state index is -1.05. The van der Waals surface area contributed by atoms with Crippen LogP contribution in [0.1, 0.15) is 12.8 Å². The van der Waals surface area contributed by atoms with E-state index in [4.69, 9.17) is 5.11 Å². The van der Waals surface area contributed by atoms with E-state index in [2.05, 4.69) is 5.32 Å². The van der Waals surface area contributed by atoms with Gasteiger partial charge in [0.15, 0.2) is 0 Å². The van der Waals surface area contributed by atoms with E-state index in [9.17, 15) is 18.9 Å². The molecule has 0 radical (unpaired) electrons. The second-order valence-electron chi connectivity index (χ2n) is 3.39. The first-order valence-corrected chi connectivity index (χ1v) is 4.95. The molecule has 0 spiro atoms. The maximum Gasteiger partial charge on any atom is 0.357 e. The van der Waals surface area contributed by atoms with Gasteiger partial charge in [0.05, 0.1) is 0 Å². The fraction of sp³-hybridized carbons (Fsp3) is 0.444. The van der Waals surface area contributed by atoms with Gasteiger partial charge in [-0.15, -0.1) is 0 Å². The topological polar surface area (TPSA) is 104 Å². The molecule has 94 valence electrons. The van der Waals surface area contributed by atoms with Crippen LogP contribution in [0.15, 0.2) is 21.9 Å². The summed E-state index contributed by atoms with van der Waals surface area (Å²) < 4.78 is 12.0. The third-order valence-corrected chi connectivity index (χ3v) is 2.16. The number of hydrogen-bond acceptors (Lipinski definition) is 4. The van der Waals surface area contributed by atoms with Crippen molar-refractivity contribution >= 4 is 5.97 Å². The summed E-state index contributed by atoms with van der Waals surface area (Å²) in [6.45, 7) is 0.858. The number of carboxylic acid groups (broad SMARTS) is 1. The van der Waals surface area contributed by atoms with Crippen molar-refractivity contribution in [1.82, 2.24) is 15.1 Å². The van der Waals surface area contributed by atoms with Gasteiger partial charge < -0.3 is 15.4 Å². The number of aromatic nitrogens is 2. The Morgan fingerprint density at radius 2 is 2.24 bits per heavy atom. The Hall–Kier alpha value is -1.96. The number of H-pyrrole nitrogens is 1. The molecular weight excluding hydrogens is 233 g/mol. The van der Waals surface area contributed by atoms with Gasteiger partial charge in [-0.25, -0.2) is 4.79 Å². The first-order chi connectivity index (χ1) is 8.02. The number of rotatable bonds is 1. The molecule has 8 heteroatoms. The summed E-state index contributed by atoms with van der Waals surface area (Å²) >= 11 is 0. The lowest BCUT2D eigenvalue weighted by molar-refractivity contribution is -0.139. The van der Waals surface area contributed by atoms with Crippen molar-refractivity contribution < 1.29 is 14.4 Å². The molecule has 1 saturated heterocycles. The second-order valence-corrected chi connectivity index (χ2v) is 3.39. The molecule has 0 aliphatic carbocycles. The molecule has 1 atom stereocenters. The largest absolute Gasteiger partial charge is 0.480 e. The highest BCUT2D eigenvalue weighted by Gasteiger charge is 2.20. The van der Waals surface area contributed by atoms with Crippen molar-refractivity contribution in [3.05, 3.63) is 33.1 Å². The molecular formula is C9H12FN3O4. The predicted molar refractivity (Wildman–Crippen MR) is 56.5 cm³/mol. The molecule has 0 unspecified atom stereocenters. The summed E-state index contributed by atoms with van der Waals surface area (Å²) in [6, 6.07) is 0.650. The summed E-state index contributed by atoms with van der Waals surface area (Å²) in [5.41, 5.74) is -2.01. The van der Waals surface area contributed by atoms with Crippen molar-refractivity contribution in [2.24, 2.45) is 0 Å². The van der Waals surface area contributed by atoms with Crippen LogP contribution in [-0.2, 0) is 4.79 Å². The molecule has 0 amide bonds. The Labute approximate surface area is 94.8 Å². The minimum absolute atomic E-state index is 0.269. The van der Waals surface area contributed by atoms with Crippen molar-refractivity contribution in [1.29, 1.82) is 0 Å². The minimum Gasteiger partial charge on any atom is -0.480 e. The van der Waals surface area contributed by atoms with Gasteiger partial charge in [0.2, 0.25) is 0 Å². The summed E-state index contributed by atoms with van der Waals surface area (Å²) in [5.74, 6) is -0.720. The van der Waals surface area contributed by atoms with Crippen molar-refractivity contribution in [2.45, 2.75) is 18.9 Å². The number of carbonyl (C=O) groups is 1. The lowest BCUT2D eigenvalue weighted by Gasteiger charge is -1.99. The molecule has 1 aromatic heterocycles. The van der Waals surface area contributed by atoms with Crippen LogP contribution in [0.4, 0.5) is 4.48 Å². The average molecular weight is 245 g/mol. The fourth-order valence-corrected chi connectivity index (χ4v) is 1.30. The monoisotopic (exact) mass is 245 g/mol. The zero-order valence-corrected chi connectivity index (χ0v) is 8.85. The number of nitrogens with zero attached hydrogens (tertiary/aromatic N) is 1. The van der Waals surface area contributed by atoms with E-state index in [1.54, 1.807) is 0 Å². The predicted octanol–water partition coefficient (Wildman–Crippen LogP) is -0.908. The van der Waals surface area contributed by atoms with Crippen molar-refractivity contribution in [3.63, 3.8) is 0 Å². The van der Waals surface area contributed by atoms with Crippen LogP contribution in [0.3, 0.4) is 0 Å². The van der Waals surface area contributed by atoms with E-state index < -0.39 is 22.0 Å². The van der Waals surface area contributed by atoms with Crippen LogP contribution in [0.25, 0.3) is 0 Å². The Morgan fingerprint density at radius 3 is 2.59 bits per heavy atom. The van der Waals surface area contributed by atoms with E-state index in [1.165, 1.54) is 0 Å². The number of nitrogens with one attached hydrogen (secondary N) is 2. The highest BCUT2D eigenvalue weighted by Crippen LogP contribution is 2.03. The van der Waals surface area contributed by atoms with Crippen LogP contribution >= 0.6 is 0 Å². The molecule has 3 N–H and O–H groups in total. The van der Waals surface area contributed by atoms with Crippen LogP contribution in [-0.4, -0.2) is 33.4 Å². The smallest absolute Gasteiger partial charge is 0.357 e. The third-order valence-electron chi connectivity index (χ3n) is 2.16. The molecule has 2 heterocycles. The van der Waals surface area contributed by atoms with Crippen molar-refractivity contribution in [2.75, 3.05) is 6.54 Å². The van der Waals surface area contributed by atoms with Crippen LogP contribution in [0.5, 0.6) is 0 Å². The van der Waals surface area contributed by atoms with Crippen LogP contribution in [0.2, 0.25) is 0 Å². The molecule has 1 aromatic rings. The molecule has 0 bridgehead atoms. The van der Waals surface area contributed by atoms with Gasteiger partial charge in [-0.1, -0.05) is 9.27 Å². The number of aromatic amines is 1. The van der Waals surface area contributed by atoms with E-state index >= 15 is 0 Å². The van der Waals surface area contributed by atoms with Gasteiger partial charge in [0, 0.05) is 12.3 Å². The first-order valence-electron chi connectivity index (χ1n) is 4.95. The molecule has 1 aliphatic rings. The van der Waals surface area contributed by atoms with Gasteiger partial charge in [-0.3, -0.25) is 9.59 Å². The zero-order valence-electron chi connectivity index (χ0n) is 8.85. The highest BCUT2D eigenvalue weighted by atomic mass is 19.2. The Morgan fingerprint density at radius 1 is 1.53 bits per heavy atom. The zero-order chi connectivity index (χ0) is 12.8. The van der Waals surface area contributed by atoms with Gasteiger partial charge in [0.25, 0.3) is 5.56 Å². The molecule has 1 fully saturated rings. The second kappa shape index (κ2) is 5.94. The van der Waals surface area contributed by atoms with Crippen LogP contribution < -0.4 is 16.6 Å². The lowest BCUT2D eigenvalue weighted by atomic mass is 10.2. The van der Waals surface area contributed by atoms with Gasteiger partial charge >= 0.3 is 11.7 Å². The highest BCUT2D eigenvalue weighted by molar-refractivity contribution is 5.73. The van der Waals surface area contributed by atoms with Gasteiger partial charge in [-0.05, 0) is 19.4 Å². The third kappa shape index (κ3) is 3.83. The summed E-state index contributed by atoms with van der Waals surface area (Å²) in [5, 5.41) is 11.2.